The van der Waals surface area contributed by atoms with E-state index in [9.17, 15) is 9.59 Å². The van der Waals surface area contributed by atoms with Gasteiger partial charge in [0.05, 0.1) is 12.8 Å². The van der Waals surface area contributed by atoms with Crippen LogP contribution >= 0.6 is 11.3 Å². The number of carbonyl (C=O) groups excluding carboxylic acids is 2. The maximum Gasteiger partial charge on any atom is 0.350 e. The Kier molecular flexibility index (Phi) is 5.30. The van der Waals surface area contributed by atoms with Crippen LogP contribution in [0.1, 0.15) is 35.0 Å². The van der Waals surface area contributed by atoms with Crippen molar-refractivity contribution in [3.05, 3.63) is 15.8 Å². The van der Waals surface area contributed by atoms with E-state index in [4.69, 9.17) is 5.73 Å². The average Bonchev–Trinajstić information content (AvgIpc) is 2.70. The summed E-state index contributed by atoms with van der Waals surface area (Å²) in [5.74, 6) is -0.626. The number of carbonyl (C=O) groups is 2. The first-order valence-electron chi connectivity index (χ1n) is 5.71. The quantitative estimate of drug-likeness (QED) is 0.801. The molecule has 0 saturated carbocycles. The molecule has 100 valence electrons. The molecule has 3 N–H and O–H groups in total. The number of esters is 1. The Hall–Kier alpha value is -1.40. The lowest BCUT2D eigenvalue weighted by Gasteiger charge is -2.10. The summed E-state index contributed by atoms with van der Waals surface area (Å²) in [6.45, 7) is 3.76. The highest BCUT2D eigenvalue weighted by Crippen LogP contribution is 2.28. The van der Waals surface area contributed by atoms with Gasteiger partial charge in [-0.2, -0.15) is 0 Å². The number of amides is 1. The van der Waals surface area contributed by atoms with Gasteiger partial charge in [-0.05, 0) is 24.3 Å². The third kappa shape index (κ3) is 3.54. The average molecular weight is 270 g/mol. The Morgan fingerprint density at radius 1 is 1.56 bits per heavy atom. The van der Waals surface area contributed by atoms with Crippen LogP contribution in [0.2, 0.25) is 0 Å². The minimum Gasteiger partial charge on any atom is -0.465 e. The van der Waals surface area contributed by atoms with E-state index in [1.165, 1.54) is 18.4 Å². The fourth-order valence-electron chi connectivity index (χ4n) is 1.42. The van der Waals surface area contributed by atoms with Gasteiger partial charge in [0.2, 0.25) is 5.91 Å². The number of nitrogens with one attached hydrogen (secondary N) is 1. The third-order valence-electron chi connectivity index (χ3n) is 2.58. The van der Waals surface area contributed by atoms with Crippen molar-refractivity contribution < 1.29 is 14.3 Å². The molecular weight excluding hydrogens is 252 g/mol. The van der Waals surface area contributed by atoms with Crippen LogP contribution in [0, 0.1) is 6.92 Å². The van der Waals surface area contributed by atoms with Crippen molar-refractivity contribution in [1.82, 2.24) is 0 Å². The van der Waals surface area contributed by atoms with E-state index in [0.717, 1.165) is 12.0 Å². The lowest BCUT2D eigenvalue weighted by Crippen LogP contribution is -2.26. The Morgan fingerprint density at radius 2 is 2.22 bits per heavy atom. The van der Waals surface area contributed by atoms with Crippen molar-refractivity contribution in [2.75, 3.05) is 12.4 Å². The summed E-state index contributed by atoms with van der Waals surface area (Å²) in [7, 11) is 1.32. The molecule has 1 atom stereocenters. The Morgan fingerprint density at radius 3 is 2.78 bits per heavy atom. The van der Waals surface area contributed by atoms with Gasteiger partial charge in [-0.3, -0.25) is 4.79 Å². The molecule has 0 aromatic carbocycles. The Bertz CT molecular complexity index is 443. The molecule has 0 fully saturated rings. The Labute approximate surface area is 110 Å². The van der Waals surface area contributed by atoms with Crippen molar-refractivity contribution >= 4 is 28.9 Å². The van der Waals surface area contributed by atoms with Gasteiger partial charge in [-0.25, -0.2) is 4.79 Å². The number of rotatable bonds is 5. The molecule has 5 nitrogen and oxygen atoms in total. The predicted octanol–water partition coefficient (Wildman–Crippen LogP) is 1.91. The second-order valence-electron chi connectivity index (χ2n) is 4.04. The van der Waals surface area contributed by atoms with Crippen LogP contribution < -0.4 is 11.1 Å². The highest BCUT2D eigenvalue weighted by Gasteiger charge is 2.19. The van der Waals surface area contributed by atoms with Crippen molar-refractivity contribution in [1.29, 1.82) is 0 Å². The molecule has 1 aromatic heterocycles. The van der Waals surface area contributed by atoms with Crippen molar-refractivity contribution in [3.8, 4) is 0 Å². The van der Waals surface area contributed by atoms with Gasteiger partial charge in [0.1, 0.15) is 4.88 Å². The van der Waals surface area contributed by atoms with Crippen LogP contribution in [0.4, 0.5) is 5.69 Å². The molecule has 1 heterocycles. The zero-order valence-electron chi connectivity index (χ0n) is 10.8. The molecule has 0 saturated heterocycles. The molecule has 1 aromatic rings. The molecule has 6 heteroatoms. The molecule has 0 aliphatic heterocycles. The van der Waals surface area contributed by atoms with Crippen LogP contribution in [-0.4, -0.2) is 25.0 Å². The van der Waals surface area contributed by atoms with Crippen molar-refractivity contribution in [2.45, 2.75) is 32.7 Å². The van der Waals surface area contributed by atoms with Crippen molar-refractivity contribution in [3.63, 3.8) is 0 Å². The molecule has 0 aliphatic carbocycles. The van der Waals surface area contributed by atoms with Gasteiger partial charge in [0.15, 0.2) is 0 Å². The fraction of sp³-hybridized carbons (Fsp3) is 0.500. The molecule has 0 aliphatic rings. The topological polar surface area (TPSA) is 81.4 Å². The largest absolute Gasteiger partial charge is 0.465 e. The highest BCUT2D eigenvalue weighted by molar-refractivity contribution is 7.12. The number of nitrogens with two attached hydrogens (primary N) is 1. The standard InChI is InChI=1S/C12H18N2O3S/c1-4-8(13)5-9(15)14-10-7(2)6-18-11(10)12(16)17-3/h6,8H,4-5,13H2,1-3H3,(H,14,15). The van der Waals surface area contributed by atoms with Crippen LogP contribution in [0.5, 0.6) is 0 Å². The number of aryl methyl sites for hydroxylation is 1. The zero-order chi connectivity index (χ0) is 13.7. The summed E-state index contributed by atoms with van der Waals surface area (Å²) in [6, 6.07) is -0.162. The second-order valence-corrected chi connectivity index (χ2v) is 4.91. The van der Waals surface area contributed by atoms with Crippen LogP contribution in [0.25, 0.3) is 0 Å². The predicted molar refractivity (Wildman–Crippen MR) is 71.9 cm³/mol. The molecular formula is C12H18N2O3S. The van der Waals surface area contributed by atoms with E-state index >= 15 is 0 Å². The van der Waals surface area contributed by atoms with E-state index in [-0.39, 0.29) is 18.4 Å². The van der Waals surface area contributed by atoms with Crippen molar-refractivity contribution in [2.24, 2.45) is 5.73 Å². The van der Waals surface area contributed by atoms with Crippen LogP contribution in [0.3, 0.4) is 0 Å². The second kappa shape index (κ2) is 6.51. The number of hydrogen-bond donors (Lipinski definition) is 2. The monoisotopic (exact) mass is 270 g/mol. The minimum absolute atomic E-state index is 0.162. The maximum atomic E-state index is 11.8. The lowest BCUT2D eigenvalue weighted by molar-refractivity contribution is -0.116. The summed E-state index contributed by atoms with van der Waals surface area (Å²) in [6.07, 6.45) is 0.978. The van der Waals surface area contributed by atoms with E-state index < -0.39 is 5.97 Å². The molecule has 1 amide bonds. The molecule has 0 bridgehead atoms. The van der Waals surface area contributed by atoms with Gasteiger partial charge in [0.25, 0.3) is 0 Å². The molecule has 1 rings (SSSR count). The van der Waals surface area contributed by atoms with Crippen LogP contribution in [-0.2, 0) is 9.53 Å². The SMILES string of the molecule is CCC(N)CC(=O)Nc1c(C)csc1C(=O)OC. The number of methoxy groups -OCH3 is 1. The van der Waals surface area contributed by atoms with Gasteiger partial charge in [0, 0.05) is 12.5 Å². The number of thiophene rings is 1. The highest BCUT2D eigenvalue weighted by atomic mass is 32.1. The van der Waals surface area contributed by atoms with Gasteiger partial charge < -0.3 is 15.8 Å². The minimum atomic E-state index is -0.441. The maximum absolute atomic E-state index is 11.8. The summed E-state index contributed by atoms with van der Waals surface area (Å²) in [4.78, 5) is 23.7. The van der Waals surface area contributed by atoms with Gasteiger partial charge >= 0.3 is 5.97 Å². The lowest BCUT2D eigenvalue weighted by atomic mass is 10.1. The Balaban J connectivity index is 2.80. The summed E-state index contributed by atoms with van der Waals surface area (Å²) in [5, 5.41) is 4.54. The molecule has 0 spiro atoms. The molecule has 0 radical (unpaired) electrons. The molecule has 1 unspecified atom stereocenters. The number of hydrogen-bond acceptors (Lipinski definition) is 5. The first-order chi connectivity index (χ1) is 8.49. The van der Waals surface area contributed by atoms with Gasteiger partial charge in [-0.1, -0.05) is 6.92 Å². The summed E-state index contributed by atoms with van der Waals surface area (Å²) < 4.78 is 4.67. The van der Waals surface area contributed by atoms with E-state index in [2.05, 4.69) is 10.1 Å². The number of anilines is 1. The van der Waals surface area contributed by atoms with Gasteiger partial charge in [-0.15, -0.1) is 11.3 Å². The van der Waals surface area contributed by atoms with E-state index in [0.29, 0.717) is 10.6 Å². The molecule has 18 heavy (non-hydrogen) atoms. The number of ether oxygens (including phenoxy) is 1. The van der Waals surface area contributed by atoms with E-state index in [1.807, 2.05) is 19.2 Å². The fourth-order valence-corrected chi connectivity index (χ4v) is 2.34. The first-order valence-corrected chi connectivity index (χ1v) is 6.59. The normalized spacial score (nSPS) is 12.0. The van der Waals surface area contributed by atoms with Crippen LogP contribution in [0.15, 0.2) is 5.38 Å². The summed E-state index contributed by atoms with van der Waals surface area (Å²) >= 11 is 1.25. The third-order valence-corrected chi connectivity index (χ3v) is 3.66. The smallest absolute Gasteiger partial charge is 0.350 e. The zero-order valence-corrected chi connectivity index (χ0v) is 11.6. The van der Waals surface area contributed by atoms with E-state index in [1.54, 1.807) is 0 Å². The first kappa shape index (κ1) is 14.7. The summed E-state index contributed by atoms with van der Waals surface area (Å²) in [5.41, 5.74) is 7.09.